The summed E-state index contributed by atoms with van der Waals surface area (Å²) in [6.07, 6.45) is 14.4. The Labute approximate surface area is 270 Å². The molecule has 0 aliphatic heterocycles. The van der Waals surface area contributed by atoms with Crippen LogP contribution in [0.15, 0.2) is 87.6 Å². The SMILES string of the molecule is CC(=O)c1ncco1.C[C@@H](Oc1cnc2c(Cl)nccc2n1)c1ncco1.C[C@H](Oc1cnc2c(Cl)nccc2n1)c1ncco1. The number of fused-ring (bicyclic) bond motifs is 2. The minimum absolute atomic E-state index is 0.144. The van der Waals surface area contributed by atoms with Gasteiger partial charge in [-0.15, -0.1) is 0 Å². The Morgan fingerprint density at radius 1 is 0.652 bits per heavy atom. The van der Waals surface area contributed by atoms with E-state index in [1.165, 1.54) is 44.3 Å². The molecule has 0 radical (unpaired) electrons. The number of oxazole rings is 3. The molecule has 0 saturated carbocycles. The predicted molar refractivity (Wildman–Crippen MR) is 162 cm³/mol. The molecule has 7 aromatic heterocycles. The summed E-state index contributed by atoms with van der Waals surface area (Å²) >= 11 is 11.8. The van der Waals surface area contributed by atoms with Crippen LogP contribution in [0.1, 0.15) is 55.4 Å². The highest BCUT2D eigenvalue weighted by Crippen LogP contribution is 2.24. The summed E-state index contributed by atoms with van der Waals surface area (Å²) in [6.45, 7) is 5.04. The molecule has 15 nitrogen and oxygen atoms in total. The third-order valence-electron chi connectivity index (χ3n) is 5.71. The summed E-state index contributed by atoms with van der Waals surface area (Å²) in [4.78, 5) is 46.8. The quantitative estimate of drug-likeness (QED) is 0.133. The lowest BCUT2D eigenvalue weighted by Gasteiger charge is -2.10. The molecule has 234 valence electrons. The fourth-order valence-corrected chi connectivity index (χ4v) is 4.04. The van der Waals surface area contributed by atoms with Crippen LogP contribution in [-0.2, 0) is 0 Å². The van der Waals surface area contributed by atoms with Gasteiger partial charge in [-0.2, -0.15) is 0 Å². The number of carbonyl (C=O) groups excluding carboxylic acids is 1. The lowest BCUT2D eigenvalue weighted by atomic mass is 10.4. The van der Waals surface area contributed by atoms with Gasteiger partial charge in [-0.3, -0.25) is 4.79 Å². The maximum atomic E-state index is 10.4. The number of ether oxygens (including phenoxy) is 2. The van der Waals surface area contributed by atoms with Crippen LogP contribution in [0.2, 0.25) is 10.3 Å². The van der Waals surface area contributed by atoms with Gasteiger partial charge < -0.3 is 22.7 Å². The Balaban J connectivity index is 0.000000147. The lowest BCUT2D eigenvalue weighted by Crippen LogP contribution is -2.05. The summed E-state index contributed by atoms with van der Waals surface area (Å²) < 4.78 is 26.2. The van der Waals surface area contributed by atoms with E-state index in [0.717, 1.165) is 0 Å². The minimum atomic E-state index is -0.348. The van der Waals surface area contributed by atoms with Crippen LogP contribution >= 0.6 is 23.2 Å². The molecule has 7 aromatic rings. The number of Topliss-reactive ketones (excluding diaryl/α,β-unsaturated/α-hetero) is 1. The van der Waals surface area contributed by atoms with Gasteiger partial charge in [0.15, 0.2) is 22.5 Å². The van der Waals surface area contributed by atoms with Gasteiger partial charge in [0.05, 0.1) is 42.0 Å². The van der Waals surface area contributed by atoms with Gasteiger partial charge >= 0.3 is 0 Å². The Morgan fingerprint density at radius 3 is 1.48 bits per heavy atom. The van der Waals surface area contributed by atoms with E-state index in [1.807, 2.05) is 13.8 Å². The lowest BCUT2D eigenvalue weighted by molar-refractivity contribution is 0.0980. The van der Waals surface area contributed by atoms with E-state index < -0.39 is 0 Å². The average molecular weight is 664 g/mol. The van der Waals surface area contributed by atoms with Crippen LogP contribution in [0.25, 0.3) is 22.1 Å². The molecule has 7 heterocycles. The van der Waals surface area contributed by atoms with E-state index in [9.17, 15) is 4.79 Å². The van der Waals surface area contributed by atoms with Crippen LogP contribution in [-0.4, -0.2) is 50.6 Å². The Hall–Kier alpha value is -5.54. The minimum Gasteiger partial charge on any atom is -0.464 e. The molecule has 46 heavy (non-hydrogen) atoms. The fraction of sp³-hybridized carbons (Fsp3) is 0.172. The summed E-state index contributed by atoms with van der Waals surface area (Å²) in [7, 11) is 0. The van der Waals surface area contributed by atoms with E-state index in [4.69, 9.17) is 41.5 Å². The van der Waals surface area contributed by atoms with Crippen molar-refractivity contribution in [3.8, 4) is 11.8 Å². The Morgan fingerprint density at radius 2 is 1.11 bits per heavy atom. The maximum Gasteiger partial charge on any atom is 0.262 e. The van der Waals surface area contributed by atoms with Crippen LogP contribution in [0.3, 0.4) is 0 Å². The molecular weight excluding hydrogens is 641 g/mol. The van der Waals surface area contributed by atoms with Crippen LogP contribution in [0.4, 0.5) is 0 Å². The number of hydrogen-bond donors (Lipinski definition) is 0. The first-order chi connectivity index (χ1) is 22.3. The van der Waals surface area contributed by atoms with E-state index in [1.54, 1.807) is 36.9 Å². The zero-order valence-corrected chi connectivity index (χ0v) is 25.8. The smallest absolute Gasteiger partial charge is 0.262 e. The van der Waals surface area contributed by atoms with Crippen molar-refractivity contribution >= 4 is 51.1 Å². The van der Waals surface area contributed by atoms with Gasteiger partial charge in [-0.05, 0) is 26.0 Å². The third-order valence-corrected chi connectivity index (χ3v) is 6.27. The molecule has 2 atom stereocenters. The van der Waals surface area contributed by atoms with Crippen LogP contribution in [0.5, 0.6) is 11.8 Å². The standard InChI is InChI=1S/2C12H9ClN4O2.C5H5NO2/c2*1-7(12-15-4-5-18-12)19-9-6-16-10-8(17-9)2-3-14-11(10)13;1-4(7)5-6-2-3-8-5/h2*2-7H,1H3;2-3H,1H3/t2*7-;/m10./s1. The Kier molecular flexibility index (Phi) is 10.4. The second kappa shape index (κ2) is 15.0. The van der Waals surface area contributed by atoms with Crippen molar-refractivity contribution in [2.75, 3.05) is 0 Å². The molecule has 7 rings (SSSR count). The number of pyridine rings is 2. The zero-order valence-electron chi connectivity index (χ0n) is 24.3. The molecule has 0 spiro atoms. The van der Waals surface area contributed by atoms with Gasteiger partial charge in [0.1, 0.15) is 29.8 Å². The van der Waals surface area contributed by atoms with E-state index >= 15 is 0 Å². The summed E-state index contributed by atoms with van der Waals surface area (Å²) in [6, 6.07) is 3.44. The largest absolute Gasteiger partial charge is 0.464 e. The highest BCUT2D eigenvalue weighted by atomic mass is 35.5. The van der Waals surface area contributed by atoms with Crippen LogP contribution in [0, 0.1) is 0 Å². The van der Waals surface area contributed by atoms with Crippen molar-refractivity contribution in [1.82, 2.24) is 44.9 Å². The number of ketones is 1. The van der Waals surface area contributed by atoms with Gasteiger partial charge in [0.2, 0.25) is 29.3 Å². The summed E-state index contributed by atoms with van der Waals surface area (Å²) in [5, 5.41) is 0.634. The number of halogens is 2. The first-order valence-corrected chi connectivity index (χ1v) is 14.1. The molecule has 0 aliphatic rings. The van der Waals surface area contributed by atoms with E-state index in [0.29, 0.717) is 55.9 Å². The summed E-state index contributed by atoms with van der Waals surface area (Å²) in [5.41, 5.74) is 2.33. The third kappa shape index (κ3) is 8.13. The number of aromatic nitrogens is 9. The topological polar surface area (TPSA) is 191 Å². The fourth-order valence-electron chi connectivity index (χ4n) is 3.64. The van der Waals surface area contributed by atoms with Gasteiger partial charge in [-0.1, -0.05) is 23.2 Å². The second-order valence-electron chi connectivity index (χ2n) is 9.01. The van der Waals surface area contributed by atoms with Crippen molar-refractivity contribution < 1.29 is 27.5 Å². The highest BCUT2D eigenvalue weighted by molar-refractivity contribution is 6.33. The van der Waals surface area contributed by atoms with Crippen molar-refractivity contribution in [2.45, 2.75) is 33.0 Å². The highest BCUT2D eigenvalue weighted by Gasteiger charge is 2.15. The predicted octanol–water partition coefficient (Wildman–Crippen LogP) is 6.49. The number of nitrogens with zero attached hydrogens (tertiary/aromatic N) is 9. The normalized spacial score (nSPS) is 11.9. The van der Waals surface area contributed by atoms with Gasteiger partial charge in [0, 0.05) is 19.3 Å². The molecule has 0 amide bonds. The van der Waals surface area contributed by atoms with Crippen molar-refractivity contribution in [3.63, 3.8) is 0 Å². The average Bonchev–Trinajstić information content (AvgIpc) is 3.87. The van der Waals surface area contributed by atoms with Gasteiger partial charge in [0.25, 0.3) is 5.89 Å². The maximum absolute atomic E-state index is 10.4. The van der Waals surface area contributed by atoms with E-state index in [-0.39, 0.29) is 23.9 Å². The number of rotatable bonds is 7. The second-order valence-corrected chi connectivity index (χ2v) is 9.73. The molecular formula is C29H23Cl2N9O6. The molecule has 0 aliphatic carbocycles. The molecule has 0 unspecified atom stereocenters. The molecule has 0 N–H and O–H groups in total. The van der Waals surface area contributed by atoms with Crippen molar-refractivity contribution in [2.24, 2.45) is 0 Å². The molecule has 0 saturated heterocycles. The molecule has 17 heteroatoms. The molecule has 0 fully saturated rings. The first-order valence-electron chi connectivity index (χ1n) is 13.4. The number of hydrogen-bond acceptors (Lipinski definition) is 15. The van der Waals surface area contributed by atoms with E-state index in [2.05, 4.69) is 49.3 Å². The molecule has 0 aromatic carbocycles. The van der Waals surface area contributed by atoms with Crippen LogP contribution < -0.4 is 9.47 Å². The van der Waals surface area contributed by atoms with Crippen molar-refractivity contribution in [1.29, 1.82) is 0 Å². The zero-order chi connectivity index (χ0) is 32.5. The van der Waals surface area contributed by atoms with Gasteiger partial charge in [-0.25, -0.2) is 44.9 Å². The summed E-state index contributed by atoms with van der Waals surface area (Å²) in [5.74, 6) is 1.74. The Bertz CT molecular complexity index is 1890. The first kappa shape index (κ1) is 31.9. The van der Waals surface area contributed by atoms with Crippen molar-refractivity contribution in [3.05, 3.63) is 102 Å². The monoisotopic (exact) mass is 663 g/mol. The molecule has 0 bridgehead atoms. The number of carbonyl (C=O) groups is 1.